The molecule has 5 nitrogen and oxygen atoms in total. The molecule has 0 aromatic heterocycles. The summed E-state index contributed by atoms with van der Waals surface area (Å²) in [5.74, 6) is 4.32. The minimum atomic E-state index is 0. The van der Waals surface area contributed by atoms with Crippen LogP contribution in [0.1, 0.15) is 12.8 Å². The number of ether oxygens (including phenoxy) is 2. The Bertz CT molecular complexity index is 512. The van der Waals surface area contributed by atoms with E-state index in [2.05, 4.69) is 16.2 Å². The Hall–Kier alpha value is -1.62. The lowest BCUT2D eigenvalue weighted by molar-refractivity contribution is 0.297. The summed E-state index contributed by atoms with van der Waals surface area (Å²) in [5.41, 5.74) is 6.56. The summed E-state index contributed by atoms with van der Waals surface area (Å²) in [5, 5.41) is 2.99. The molecule has 0 saturated carbocycles. The van der Waals surface area contributed by atoms with Crippen LogP contribution < -0.4 is 20.5 Å². The summed E-state index contributed by atoms with van der Waals surface area (Å²) in [6.45, 7) is 1.84. The molecular formula is C14H18IN3O2. The number of hydrogen-bond donors (Lipinski definition) is 2. The molecule has 1 aliphatic heterocycles. The van der Waals surface area contributed by atoms with Gasteiger partial charge in [-0.2, -0.15) is 0 Å². The van der Waals surface area contributed by atoms with E-state index in [1.165, 1.54) is 0 Å². The third-order valence-electron chi connectivity index (χ3n) is 2.56. The molecule has 6 heteroatoms. The zero-order chi connectivity index (χ0) is 13.5. The molecular weight excluding hydrogens is 369 g/mol. The molecule has 20 heavy (non-hydrogen) atoms. The maximum absolute atomic E-state index is 5.75. The number of nitrogens with one attached hydrogen (secondary N) is 1. The maximum atomic E-state index is 5.75. The number of hydrogen-bond acceptors (Lipinski definition) is 3. The molecule has 2 rings (SSSR count). The highest BCUT2D eigenvalue weighted by atomic mass is 127. The Kier molecular flexibility index (Phi) is 7.01. The van der Waals surface area contributed by atoms with E-state index < -0.39 is 0 Å². The minimum Gasteiger partial charge on any atom is -0.490 e. The van der Waals surface area contributed by atoms with Crippen molar-refractivity contribution in [2.75, 3.05) is 25.1 Å². The predicted octanol–water partition coefficient (Wildman–Crippen LogP) is 2.22. The van der Waals surface area contributed by atoms with Crippen molar-refractivity contribution < 1.29 is 9.47 Å². The standard InChI is InChI=1S/C14H17N3O2.HI/c1-2-3-7-16-14(15)17-11-5-6-12-13(10-11)19-9-4-8-18-12;/h1,5-6,10H,3-4,7-9H2,(H3,15,16,17);1H. The molecule has 1 aromatic carbocycles. The molecule has 0 amide bonds. The minimum absolute atomic E-state index is 0. The zero-order valence-corrected chi connectivity index (χ0v) is 13.4. The van der Waals surface area contributed by atoms with Gasteiger partial charge in [-0.25, -0.2) is 0 Å². The topological polar surface area (TPSA) is 68.9 Å². The van der Waals surface area contributed by atoms with Gasteiger partial charge in [-0.05, 0) is 12.1 Å². The molecule has 0 fully saturated rings. The number of nitrogens with zero attached hydrogens (tertiary/aromatic N) is 1. The lowest BCUT2D eigenvalue weighted by atomic mass is 10.3. The average molecular weight is 387 g/mol. The Morgan fingerprint density at radius 1 is 1.35 bits per heavy atom. The van der Waals surface area contributed by atoms with E-state index >= 15 is 0 Å². The van der Waals surface area contributed by atoms with Crippen LogP contribution in [-0.2, 0) is 0 Å². The molecule has 1 heterocycles. The first-order chi connectivity index (χ1) is 9.29. The third-order valence-corrected chi connectivity index (χ3v) is 2.56. The summed E-state index contributed by atoms with van der Waals surface area (Å²) >= 11 is 0. The van der Waals surface area contributed by atoms with Gasteiger partial charge in [0.2, 0.25) is 0 Å². The average Bonchev–Trinajstić information content (AvgIpc) is 2.63. The number of halogens is 1. The molecule has 0 bridgehead atoms. The number of guanidine groups is 1. The molecule has 1 aliphatic rings. The van der Waals surface area contributed by atoms with Gasteiger partial charge < -0.3 is 20.5 Å². The summed E-state index contributed by atoms with van der Waals surface area (Å²) in [7, 11) is 0. The van der Waals surface area contributed by atoms with Crippen LogP contribution in [0, 0.1) is 12.3 Å². The summed E-state index contributed by atoms with van der Waals surface area (Å²) < 4.78 is 11.1. The first kappa shape index (κ1) is 16.4. The molecule has 1 aromatic rings. The number of benzene rings is 1. The highest BCUT2D eigenvalue weighted by Gasteiger charge is 2.10. The van der Waals surface area contributed by atoms with Crippen LogP contribution in [0.3, 0.4) is 0 Å². The Balaban J connectivity index is 0.00000200. The van der Waals surface area contributed by atoms with Crippen molar-refractivity contribution >= 4 is 35.6 Å². The van der Waals surface area contributed by atoms with Crippen molar-refractivity contribution in [3.63, 3.8) is 0 Å². The molecule has 0 unspecified atom stereocenters. The second-order valence-electron chi connectivity index (χ2n) is 4.06. The van der Waals surface area contributed by atoms with Crippen LogP contribution in [-0.4, -0.2) is 25.7 Å². The van der Waals surface area contributed by atoms with Gasteiger partial charge in [-0.3, -0.25) is 4.99 Å². The van der Waals surface area contributed by atoms with Crippen molar-refractivity contribution in [2.24, 2.45) is 10.7 Å². The number of rotatable bonds is 3. The normalized spacial score (nSPS) is 13.7. The van der Waals surface area contributed by atoms with Gasteiger partial charge in [0.25, 0.3) is 0 Å². The lowest BCUT2D eigenvalue weighted by Gasteiger charge is -2.10. The van der Waals surface area contributed by atoms with Gasteiger partial charge in [-0.15, -0.1) is 36.3 Å². The Labute approximate surface area is 136 Å². The molecule has 0 saturated heterocycles. The van der Waals surface area contributed by atoms with Gasteiger partial charge >= 0.3 is 0 Å². The van der Waals surface area contributed by atoms with Crippen LogP contribution >= 0.6 is 24.0 Å². The maximum Gasteiger partial charge on any atom is 0.193 e. The molecule has 0 aliphatic carbocycles. The molecule has 108 valence electrons. The number of fused-ring (bicyclic) bond motifs is 1. The molecule has 0 atom stereocenters. The number of nitrogens with two attached hydrogens (primary N) is 1. The van der Waals surface area contributed by atoms with Gasteiger partial charge in [0.05, 0.1) is 19.8 Å². The molecule has 0 spiro atoms. The summed E-state index contributed by atoms with van der Waals surface area (Å²) in [6, 6.07) is 5.58. The summed E-state index contributed by atoms with van der Waals surface area (Å²) in [4.78, 5) is 4.11. The van der Waals surface area contributed by atoms with Crippen LogP contribution in [0.25, 0.3) is 0 Å². The van der Waals surface area contributed by atoms with Crippen molar-refractivity contribution in [1.82, 2.24) is 0 Å². The molecule has 0 radical (unpaired) electrons. The van der Waals surface area contributed by atoms with E-state index in [4.69, 9.17) is 21.6 Å². The van der Waals surface area contributed by atoms with Crippen LogP contribution in [0.4, 0.5) is 5.69 Å². The van der Waals surface area contributed by atoms with Gasteiger partial charge in [0.1, 0.15) is 0 Å². The van der Waals surface area contributed by atoms with E-state index in [0.717, 1.165) is 23.6 Å². The van der Waals surface area contributed by atoms with Crippen LogP contribution in [0.15, 0.2) is 23.2 Å². The number of terminal acetylenes is 1. The SMILES string of the molecule is C#CCCN=C(N)Nc1ccc2c(c1)OCCCO2.I. The number of aliphatic imine (C=N–C) groups is 1. The van der Waals surface area contributed by atoms with E-state index in [9.17, 15) is 0 Å². The second kappa shape index (κ2) is 8.53. The van der Waals surface area contributed by atoms with E-state index in [-0.39, 0.29) is 24.0 Å². The fraction of sp³-hybridized carbons (Fsp3) is 0.357. The van der Waals surface area contributed by atoms with Crippen molar-refractivity contribution in [3.8, 4) is 23.8 Å². The molecule has 3 N–H and O–H groups in total. The largest absolute Gasteiger partial charge is 0.490 e. The highest BCUT2D eigenvalue weighted by molar-refractivity contribution is 14.0. The van der Waals surface area contributed by atoms with Crippen molar-refractivity contribution in [1.29, 1.82) is 0 Å². The van der Waals surface area contributed by atoms with Crippen LogP contribution in [0.2, 0.25) is 0 Å². The smallest absolute Gasteiger partial charge is 0.193 e. The lowest BCUT2D eigenvalue weighted by Crippen LogP contribution is -2.22. The van der Waals surface area contributed by atoms with E-state index in [1.54, 1.807) is 0 Å². The zero-order valence-electron chi connectivity index (χ0n) is 11.1. The predicted molar refractivity (Wildman–Crippen MR) is 91.0 cm³/mol. The van der Waals surface area contributed by atoms with Crippen molar-refractivity contribution in [2.45, 2.75) is 12.8 Å². The van der Waals surface area contributed by atoms with Crippen LogP contribution in [0.5, 0.6) is 11.5 Å². The third kappa shape index (κ3) is 4.81. The second-order valence-corrected chi connectivity index (χ2v) is 4.06. The fourth-order valence-corrected chi connectivity index (χ4v) is 1.67. The highest BCUT2D eigenvalue weighted by Crippen LogP contribution is 2.32. The van der Waals surface area contributed by atoms with E-state index in [0.29, 0.717) is 32.1 Å². The quantitative estimate of drug-likeness (QED) is 0.274. The first-order valence-corrected chi connectivity index (χ1v) is 6.19. The van der Waals surface area contributed by atoms with Gasteiger partial charge in [0.15, 0.2) is 17.5 Å². The summed E-state index contributed by atoms with van der Waals surface area (Å²) in [6.07, 6.45) is 6.60. The Morgan fingerprint density at radius 3 is 2.85 bits per heavy atom. The van der Waals surface area contributed by atoms with Crippen molar-refractivity contribution in [3.05, 3.63) is 18.2 Å². The number of anilines is 1. The first-order valence-electron chi connectivity index (χ1n) is 6.19. The van der Waals surface area contributed by atoms with Gasteiger partial charge in [0, 0.05) is 24.6 Å². The van der Waals surface area contributed by atoms with E-state index in [1.807, 2.05) is 18.2 Å². The fourth-order valence-electron chi connectivity index (χ4n) is 1.67. The Morgan fingerprint density at radius 2 is 2.10 bits per heavy atom. The van der Waals surface area contributed by atoms with Gasteiger partial charge in [-0.1, -0.05) is 0 Å². The monoisotopic (exact) mass is 387 g/mol.